The molecular formula is C47H64F3NO3. The maximum Gasteiger partial charge on any atom is 0.255 e. The Morgan fingerprint density at radius 3 is 1.80 bits per heavy atom. The molecule has 54 heavy (non-hydrogen) atoms. The van der Waals surface area contributed by atoms with Crippen LogP contribution in [0.25, 0.3) is 11.1 Å². The van der Waals surface area contributed by atoms with Crippen LogP contribution in [0.15, 0.2) is 114 Å². The van der Waals surface area contributed by atoms with Crippen LogP contribution in [0.3, 0.4) is 0 Å². The first-order valence-corrected chi connectivity index (χ1v) is 19.4. The summed E-state index contributed by atoms with van der Waals surface area (Å²) < 4.78 is 40.5. The predicted molar refractivity (Wildman–Crippen MR) is 221 cm³/mol. The molecule has 0 saturated carbocycles. The highest BCUT2D eigenvalue weighted by atomic mass is 19.3. The van der Waals surface area contributed by atoms with Crippen LogP contribution in [0.1, 0.15) is 111 Å². The maximum atomic E-state index is 13.1. The van der Waals surface area contributed by atoms with E-state index in [1.165, 1.54) is 25.7 Å². The van der Waals surface area contributed by atoms with Crippen LogP contribution >= 0.6 is 0 Å². The maximum absolute atomic E-state index is 13.1. The molecule has 0 heterocycles. The second-order valence-electron chi connectivity index (χ2n) is 13.5. The zero-order valence-electron chi connectivity index (χ0n) is 33.9. The zero-order valence-corrected chi connectivity index (χ0v) is 33.9. The first-order valence-electron chi connectivity index (χ1n) is 19.4. The van der Waals surface area contributed by atoms with Crippen LogP contribution in [-0.4, -0.2) is 38.4 Å². The lowest BCUT2D eigenvalue weighted by Crippen LogP contribution is -2.45. The van der Waals surface area contributed by atoms with Crippen molar-refractivity contribution < 1.29 is 27.5 Å². The van der Waals surface area contributed by atoms with Gasteiger partial charge in [-0.2, -0.15) is 0 Å². The molecule has 1 amide bonds. The van der Waals surface area contributed by atoms with Crippen LogP contribution in [0, 0.1) is 5.92 Å². The van der Waals surface area contributed by atoms with Gasteiger partial charge in [0, 0.05) is 5.57 Å². The molecule has 1 N–H and O–H groups in total. The van der Waals surface area contributed by atoms with Gasteiger partial charge in [-0.05, 0) is 73.1 Å². The molecule has 3 aromatic carbocycles. The van der Waals surface area contributed by atoms with Gasteiger partial charge in [-0.1, -0.05) is 164 Å². The number of fused-ring (bicyclic) bond motifs is 3. The van der Waals surface area contributed by atoms with E-state index in [1.54, 1.807) is 6.92 Å². The van der Waals surface area contributed by atoms with Crippen molar-refractivity contribution in [3.63, 3.8) is 0 Å². The average Bonchev–Trinajstić information content (AvgIpc) is 3.47. The summed E-state index contributed by atoms with van der Waals surface area (Å²) in [5.74, 6) is 1.50. The van der Waals surface area contributed by atoms with E-state index >= 15 is 0 Å². The normalized spacial score (nSPS) is 12.8. The molecule has 0 fully saturated rings. The van der Waals surface area contributed by atoms with E-state index in [0.717, 1.165) is 58.8 Å². The molecule has 0 atom stereocenters. The van der Waals surface area contributed by atoms with Gasteiger partial charge in [0.15, 0.2) is 5.78 Å². The molecule has 3 aromatic rings. The Hall–Kier alpha value is -4.39. The Balaban J connectivity index is 0.000000444. The van der Waals surface area contributed by atoms with E-state index in [9.17, 15) is 22.8 Å². The Kier molecular flexibility index (Phi) is 24.0. The molecule has 0 spiro atoms. The lowest BCUT2D eigenvalue weighted by Gasteiger charge is -2.31. The number of ether oxygens (including phenoxy) is 1. The number of nitrogens with one attached hydrogen (secondary N) is 1. The third-order valence-corrected chi connectivity index (χ3v) is 9.19. The summed E-state index contributed by atoms with van der Waals surface area (Å²) in [7, 11) is 0.500. The van der Waals surface area contributed by atoms with E-state index in [1.807, 2.05) is 117 Å². The molecular weight excluding hydrogens is 684 g/mol. The lowest BCUT2D eigenvalue weighted by atomic mass is 9.73. The first-order chi connectivity index (χ1) is 26.1. The molecule has 7 heteroatoms. The topological polar surface area (TPSA) is 55.4 Å². The number of amides is 1. The Morgan fingerprint density at radius 1 is 0.778 bits per heavy atom. The fourth-order valence-electron chi connectivity index (χ4n) is 6.65. The first kappa shape index (κ1) is 47.6. The fraction of sp³-hybridized carbons (Fsp3) is 0.447. The monoisotopic (exact) mass is 747 g/mol. The van der Waals surface area contributed by atoms with Crippen LogP contribution in [0.2, 0.25) is 0 Å². The van der Waals surface area contributed by atoms with Crippen molar-refractivity contribution in [2.45, 2.75) is 112 Å². The Morgan fingerprint density at radius 2 is 1.31 bits per heavy atom. The molecule has 1 aliphatic rings. The molecule has 0 radical (unpaired) electrons. The molecule has 4 nitrogen and oxygen atoms in total. The molecule has 0 aromatic heterocycles. The van der Waals surface area contributed by atoms with Gasteiger partial charge in [-0.15, -0.1) is 0 Å². The van der Waals surface area contributed by atoms with Crippen molar-refractivity contribution in [1.82, 2.24) is 5.32 Å². The van der Waals surface area contributed by atoms with Crippen LogP contribution in [-0.2, 0) is 15.0 Å². The molecule has 4 rings (SSSR count). The van der Waals surface area contributed by atoms with Crippen LogP contribution < -0.4 is 10.1 Å². The Bertz CT molecular complexity index is 1540. The number of Topliss-reactive ketones (excluding diaryl/α,β-unsaturated/α-hetero) is 1. The minimum Gasteiger partial charge on any atom is -0.489 e. The highest BCUT2D eigenvalue weighted by molar-refractivity contribution is 6.00. The van der Waals surface area contributed by atoms with Gasteiger partial charge in [0.25, 0.3) is 6.43 Å². The highest BCUT2D eigenvalue weighted by Crippen LogP contribution is 2.51. The number of unbranched alkanes of at least 4 members (excludes halogenated alkanes) is 2. The predicted octanol–water partition coefficient (Wildman–Crippen LogP) is 12.8. The number of benzene rings is 3. The van der Waals surface area contributed by atoms with Crippen molar-refractivity contribution in [1.29, 1.82) is 0 Å². The molecule has 1 aliphatic carbocycles. The van der Waals surface area contributed by atoms with Crippen LogP contribution in [0.5, 0.6) is 5.75 Å². The number of para-hydroxylation sites is 1. The van der Waals surface area contributed by atoms with E-state index < -0.39 is 18.4 Å². The molecule has 0 bridgehead atoms. The summed E-state index contributed by atoms with van der Waals surface area (Å²) in [6.07, 6.45) is 14.0. The van der Waals surface area contributed by atoms with Gasteiger partial charge in [-0.3, -0.25) is 14.0 Å². The summed E-state index contributed by atoms with van der Waals surface area (Å²) in [4.78, 5) is 24.7. The highest BCUT2D eigenvalue weighted by Gasteiger charge is 2.48. The van der Waals surface area contributed by atoms with E-state index in [-0.39, 0.29) is 11.7 Å². The molecule has 0 aliphatic heterocycles. The summed E-state index contributed by atoms with van der Waals surface area (Å²) in [5, 5.41) is 2.48. The number of allylic oxidation sites excluding steroid dienone is 5. The quantitative estimate of drug-likeness (QED) is 0.0850. The smallest absolute Gasteiger partial charge is 0.255 e. The number of hydrogen-bond acceptors (Lipinski definition) is 3. The SMILES string of the molecule is CCCC(C)CCC.CCCCCC1(C(=O)NCC(F)F)c2ccccc2-c2ccccc21.CF.C\C=C/C=C\C(C(C)=O)=C(/C)COc1ccccc1. The second-order valence-corrected chi connectivity index (χ2v) is 13.5. The van der Waals surface area contributed by atoms with Crippen molar-refractivity contribution in [2.24, 2.45) is 5.92 Å². The van der Waals surface area contributed by atoms with Gasteiger partial charge < -0.3 is 10.1 Å². The zero-order chi connectivity index (χ0) is 40.4. The number of rotatable bonds is 17. The lowest BCUT2D eigenvalue weighted by molar-refractivity contribution is -0.126. The molecule has 296 valence electrons. The summed E-state index contributed by atoms with van der Waals surface area (Å²) in [5.41, 5.74) is 4.67. The third-order valence-electron chi connectivity index (χ3n) is 9.19. The fourth-order valence-corrected chi connectivity index (χ4v) is 6.65. The van der Waals surface area contributed by atoms with Gasteiger partial charge >= 0.3 is 0 Å². The van der Waals surface area contributed by atoms with E-state index in [4.69, 9.17) is 4.74 Å². The van der Waals surface area contributed by atoms with Gasteiger partial charge in [0.1, 0.15) is 17.8 Å². The van der Waals surface area contributed by atoms with Gasteiger partial charge in [0.05, 0.1) is 13.7 Å². The van der Waals surface area contributed by atoms with Crippen molar-refractivity contribution in [3.05, 3.63) is 125 Å². The van der Waals surface area contributed by atoms with Gasteiger partial charge in [-0.25, -0.2) is 8.78 Å². The molecule has 0 saturated heterocycles. The molecule has 0 unspecified atom stereocenters. The number of carbonyl (C=O) groups is 2. The van der Waals surface area contributed by atoms with Crippen molar-refractivity contribution >= 4 is 11.7 Å². The van der Waals surface area contributed by atoms with E-state index in [2.05, 4.69) is 33.0 Å². The standard InChI is InChI=1S/C21H23F2NO.C17H20O2.C8H18.CH3F/c1-2-3-8-13-21(20(25)24-14-19(22)23)17-11-6-4-9-15(17)16-10-5-7-12-18(16)21;1-4-5-7-12-17(15(3)18)14(2)13-19-16-10-8-6-9-11-16;1-4-6-8(3)7-5-2;1-2/h4-7,9-12,19H,2-3,8,13-14H2,1H3,(H,24,25);4-12H,13H2,1-3H3;8H,4-7H2,1-3H3;1H3/b;5-4-,12-7-,17-14-;;. The largest absolute Gasteiger partial charge is 0.489 e. The van der Waals surface area contributed by atoms with E-state index in [0.29, 0.717) is 25.8 Å². The van der Waals surface area contributed by atoms with Gasteiger partial charge in [0.2, 0.25) is 5.91 Å². The number of ketones is 1. The summed E-state index contributed by atoms with van der Waals surface area (Å²) >= 11 is 0. The third kappa shape index (κ3) is 15.2. The summed E-state index contributed by atoms with van der Waals surface area (Å²) in [6, 6.07) is 25.3. The second kappa shape index (κ2) is 27.2. The summed E-state index contributed by atoms with van der Waals surface area (Å²) in [6.45, 7) is 14.2. The van der Waals surface area contributed by atoms with Crippen molar-refractivity contribution in [2.75, 3.05) is 20.3 Å². The number of carbonyl (C=O) groups excluding carboxylic acids is 2. The number of hydrogen-bond donors (Lipinski definition) is 1. The number of alkyl halides is 3. The minimum atomic E-state index is -2.55. The van der Waals surface area contributed by atoms with Crippen LogP contribution in [0.4, 0.5) is 13.2 Å². The number of halogens is 3. The van der Waals surface area contributed by atoms with Crippen molar-refractivity contribution in [3.8, 4) is 16.9 Å². The minimum absolute atomic E-state index is 0.0508. The average molecular weight is 748 g/mol. The Labute approximate surface area is 324 Å².